The number of pyridine rings is 1. The topological polar surface area (TPSA) is 127 Å². The summed E-state index contributed by atoms with van der Waals surface area (Å²) < 4.78 is 37.9. The molecule has 0 saturated heterocycles. The van der Waals surface area contributed by atoms with E-state index < -0.39 is 18.0 Å². The molecule has 0 spiro atoms. The number of amides is 1. The Balaban J connectivity index is 1.57. The van der Waals surface area contributed by atoms with Gasteiger partial charge in [0.2, 0.25) is 11.8 Å². The molecule has 0 bridgehead atoms. The predicted octanol–water partition coefficient (Wildman–Crippen LogP) is 5.40. The van der Waals surface area contributed by atoms with E-state index in [0.29, 0.717) is 22.2 Å². The SMILES string of the molecule is COc1cnc(C(F)F)cc1-c1cc(-c2nnc(C)o2)ccc1C(=O)Nc1nc(C#N)c(C#CC2CC2)s1. The molecule has 1 aliphatic rings. The molecule has 3 heterocycles. The predicted molar refractivity (Wildman–Crippen MR) is 134 cm³/mol. The highest BCUT2D eigenvalue weighted by Gasteiger charge is 2.23. The Hall–Kier alpha value is -4.68. The lowest BCUT2D eigenvalue weighted by Crippen LogP contribution is -2.13. The van der Waals surface area contributed by atoms with Gasteiger partial charge in [0.1, 0.15) is 22.4 Å². The van der Waals surface area contributed by atoms with E-state index >= 15 is 0 Å². The molecule has 1 saturated carbocycles. The number of methoxy groups -OCH3 is 1. The first-order chi connectivity index (χ1) is 18.4. The molecular weight excluding hydrogens is 514 g/mol. The molecule has 3 aromatic heterocycles. The molecule has 4 aromatic rings. The number of alkyl halides is 2. The lowest BCUT2D eigenvalue weighted by Gasteiger charge is -2.14. The fraction of sp³-hybridized carbons (Fsp3) is 0.231. The Kier molecular flexibility index (Phi) is 6.81. The minimum Gasteiger partial charge on any atom is -0.494 e. The first-order valence-electron chi connectivity index (χ1n) is 11.4. The summed E-state index contributed by atoms with van der Waals surface area (Å²) in [5, 5.41) is 20.2. The number of halogens is 2. The maximum absolute atomic E-state index is 13.5. The van der Waals surface area contributed by atoms with Crippen molar-refractivity contribution in [2.75, 3.05) is 12.4 Å². The quantitative estimate of drug-likeness (QED) is 0.327. The fourth-order valence-corrected chi connectivity index (χ4v) is 4.33. The zero-order valence-corrected chi connectivity index (χ0v) is 20.9. The average molecular weight is 533 g/mol. The van der Waals surface area contributed by atoms with Gasteiger partial charge >= 0.3 is 0 Å². The number of aryl methyl sites for hydroxylation is 1. The van der Waals surface area contributed by atoms with E-state index in [9.17, 15) is 18.8 Å². The van der Waals surface area contributed by atoms with Crippen molar-refractivity contribution in [3.8, 4) is 46.2 Å². The van der Waals surface area contributed by atoms with Gasteiger partial charge in [-0.1, -0.05) is 23.2 Å². The number of carbonyl (C=O) groups is 1. The van der Waals surface area contributed by atoms with Gasteiger partial charge in [-0.05, 0) is 42.7 Å². The molecule has 1 N–H and O–H groups in total. The van der Waals surface area contributed by atoms with E-state index in [1.54, 1.807) is 19.1 Å². The van der Waals surface area contributed by atoms with Crippen LogP contribution in [0.25, 0.3) is 22.6 Å². The monoisotopic (exact) mass is 532 g/mol. The third-order valence-electron chi connectivity index (χ3n) is 5.58. The van der Waals surface area contributed by atoms with Gasteiger partial charge < -0.3 is 9.15 Å². The number of nitrogens with one attached hydrogen (secondary N) is 1. The lowest BCUT2D eigenvalue weighted by molar-refractivity contribution is 0.102. The van der Waals surface area contributed by atoms with Gasteiger partial charge in [0.25, 0.3) is 12.3 Å². The Bertz CT molecular complexity index is 1640. The zero-order valence-electron chi connectivity index (χ0n) is 20.1. The summed E-state index contributed by atoms with van der Waals surface area (Å²) in [4.78, 5) is 21.9. The molecule has 0 aliphatic heterocycles. The van der Waals surface area contributed by atoms with Crippen LogP contribution in [0.5, 0.6) is 5.75 Å². The van der Waals surface area contributed by atoms with Crippen LogP contribution < -0.4 is 10.1 Å². The highest BCUT2D eigenvalue weighted by atomic mass is 32.1. The molecule has 0 atom stereocenters. The fourth-order valence-electron chi connectivity index (χ4n) is 3.56. The van der Waals surface area contributed by atoms with E-state index in [-0.39, 0.29) is 39.2 Å². The summed E-state index contributed by atoms with van der Waals surface area (Å²) in [6.45, 7) is 1.63. The van der Waals surface area contributed by atoms with E-state index in [0.717, 1.165) is 24.2 Å². The third-order valence-corrected chi connectivity index (χ3v) is 6.47. The maximum atomic E-state index is 13.5. The Morgan fingerprint density at radius 1 is 1.26 bits per heavy atom. The largest absolute Gasteiger partial charge is 0.494 e. The molecule has 0 unspecified atom stereocenters. The second-order valence-corrected chi connectivity index (χ2v) is 9.30. The lowest BCUT2D eigenvalue weighted by atomic mass is 9.96. The molecule has 1 fully saturated rings. The second-order valence-electron chi connectivity index (χ2n) is 8.30. The Morgan fingerprint density at radius 2 is 2.08 bits per heavy atom. The number of hydrogen-bond donors (Lipinski definition) is 1. The number of benzene rings is 1. The van der Waals surface area contributed by atoms with Crippen LogP contribution in [0.3, 0.4) is 0 Å². The third kappa shape index (κ3) is 5.21. The summed E-state index contributed by atoms with van der Waals surface area (Å²) in [6.07, 6.45) is 0.400. The number of ether oxygens (including phenoxy) is 1. The number of carbonyl (C=O) groups excluding carboxylic acids is 1. The molecule has 5 rings (SSSR count). The van der Waals surface area contributed by atoms with Crippen LogP contribution in [-0.2, 0) is 0 Å². The summed E-state index contributed by atoms with van der Waals surface area (Å²) in [6, 6.07) is 7.85. The van der Waals surface area contributed by atoms with Crippen molar-refractivity contribution in [1.82, 2.24) is 20.2 Å². The van der Waals surface area contributed by atoms with Crippen LogP contribution in [0, 0.1) is 36.0 Å². The van der Waals surface area contributed by atoms with Gasteiger partial charge in [-0.3, -0.25) is 15.1 Å². The Morgan fingerprint density at radius 3 is 2.74 bits per heavy atom. The van der Waals surface area contributed by atoms with Crippen LogP contribution in [0.1, 0.15) is 51.8 Å². The molecule has 38 heavy (non-hydrogen) atoms. The number of aromatic nitrogens is 4. The van der Waals surface area contributed by atoms with Crippen molar-refractivity contribution in [3.05, 3.63) is 58.2 Å². The minimum absolute atomic E-state index is 0.123. The molecule has 1 amide bonds. The van der Waals surface area contributed by atoms with Crippen molar-refractivity contribution in [2.24, 2.45) is 5.92 Å². The number of rotatable bonds is 6. The molecule has 9 nitrogen and oxygen atoms in total. The van der Waals surface area contributed by atoms with Crippen LogP contribution >= 0.6 is 11.3 Å². The van der Waals surface area contributed by atoms with Gasteiger partial charge in [-0.15, -0.1) is 10.2 Å². The highest BCUT2D eigenvalue weighted by Crippen LogP contribution is 2.37. The Labute approximate surface area is 219 Å². The standard InChI is InChI=1S/C26H18F2N6O3S/c1-13-33-34-25(37-13)15-6-7-16(17(9-15)18-10-19(23(27)28)30-12-21(18)36-2)24(35)32-26-31-20(11-29)22(38-26)8-5-14-3-4-14/h6-7,9-10,12,14,23H,3-4H2,1-2H3,(H,31,32,35). The van der Waals surface area contributed by atoms with Crippen LogP contribution in [0.2, 0.25) is 0 Å². The van der Waals surface area contributed by atoms with E-state index in [4.69, 9.17) is 9.15 Å². The average Bonchev–Trinajstić information content (AvgIpc) is 3.52. The first kappa shape index (κ1) is 25.0. The van der Waals surface area contributed by atoms with E-state index in [1.807, 2.05) is 6.07 Å². The van der Waals surface area contributed by atoms with Crippen molar-refractivity contribution < 1.29 is 22.7 Å². The van der Waals surface area contributed by atoms with Crippen molar-refractivity contribution in [3.63, 3.8) is 0 Å². The van der Waals surface area contributed by atoms with Crippen molar-refractivity contribution in [2.45, 2.75) is 26.2 Å². The van der Waals surface area contributed by atoms with Gasteiger partial charge in [0.15, 0.2) is 10.8 Å². The van der Waals surface area contributed by atoms with Crippen LogP contribution in [0.15, 0.2) is 34.9 Å². The molecular formula is C26H18F2N6O3S. The van der Waals surface area contributed by atoms with Crippen molar-refractivity contribution >= 4 is 22.4 Å². The summed E-state index contributed by atoms with van der Waals surface area (Å²) in [5.41, 5.74) is 0.723. The normalized spacial score (nSPS) is 12.5. The molecule has 190 valence electrons. The number of nitriles is 1. The van der Waals surface area contributed by atoms with Gasteiger partial charge in [0, 0.05) is 29.5 Å². The van der Waals surface area contributed by atoms with Gasteiger partial charge in [0.05, 0.1) is 13.3 Å². The number of hydrogen-bond acceptors (Lipinski definition) is 9. The molecule has 1 aromatic carbocycles. The smallest absolute Gasteiger partial charge is 0.280 e. The second kappa shape index (κ2) is 10.4. The zero-order chi connectivity index (χ0) is 26.8. The summed E-state index contributed by atoms with van der Waals surface area (Å²) in [7, 11) is 1.37. The van der Waals surface area contributed by atoms with Gasteiger partial charge in [-0.25, -0.2) is 13.8 Å². The number of thiazole rings is 1. The van der Waals surface area contributed by atoms with E-state index in [2.05, 4.69) is 37.3 Å². The molecule has 0 radical (unpaired) electrons. The molecule has 12 heteroatoms. The molecule has 1 aliphatic carbocycles. The maximum Gasteiger partial charge on any atom is 0.280 e. The highest BCUT2D eigenvalue weighted by molar-refractivity contribution is 7.16. The first-order valence-corrected chi connectivity index (χ1v) is 12.2. The van der Waals surface area contributed by atoms with Gasteiger partial charge in [-0.2, -0.15) is 5.26 Å². The number of anilines is 1. The van der Waals surface area contributed by atoms with Crippen LogP contribution in [-0.4, -0.2) is 33.2 Å². The van der Waals surface area contributed by atoms with E-state index in [1.165, 1.54) is 25.4 Å². The minimum atomic E-state index is -2.84. The number of nitrogens with zero attached hydrogens (tertiary/aromatic N) is 5. The van der Waals surface area contributed by atoms with Crippen molar-refractivity contribution in [1.29, 1.82) is 5.26 Å². The summed E-state index contributed by atoms with van der Waals surface area (Å²) in [5.74, 6) is 6.51. The van der Waals surface area contributed by atoms with Crippen LogP contribution in [0.4, 0.5) is 13.9 Å². The summed E-state index contributed by atoms with van der Waals surface area (Å²) >= 11 is 1.09.